The first-order valence-electron chi connectivity index (χ1n) is 11.6. The highest BCUT2D eigenvalue weighted by Gasteiger charge is 2.36. The molecule has 0 spiro atoms. The van der Waals surface area contributed by atoms with Gasteiger partial charge >= 0.3 is 0 Å². The molecule has 0 amide bonds. The predicted octanol–water partition coefficient (Wildman–Crippen LogP) is 6.63. The lowest BCUT2D eigenvalue weighted by atomic mass is 9.92. The average Bonchev–Trinajstić information content (AvgIpc) is 3.39. The van der Waals surface area contributed by atoms with Gasteiger partial charge in [0.2, 0.25) is 0 Å². The summed E-state index contributed by atoms with van der Waals surface area (Å²) in [6.45, 7) is 0. The third-order valence-corrected chi connectivity index (χ3v) is 10.0. The molecule has 1 nitrogen and oxygen atoms in total. The minimum Gasteiger partial charge on any atom is -0.309 e. The van der Waals surface area contributed by atoms with Gasteiger partial charge in [0.15, 0.2) is 7.14 Å². The van der Waals surface area contributed by atoms with Crippen molar-refractivity contribution in [3.05, 3.63) is 126 Å². The Labute approximate surface area is 195 Å². The fourth-order valence-electron chi connectivity index (χ4n) is 5.47. The van der Waals surface area contributed by atoms with E-state index in [1.807, 2.05) is 60.7 Å². The van der Waals surface area contributed by atoms with Gasteiger partial charge in [-0.05, 0) is 52.3 Å². The maximum atomic E-state index is 15.6. The molecule has 0 fully saturated rings. The van der Waals surface area contributed by atoms with E-state index in [1.54, 1.807) is 0 Å². The molecule has 0 atom stereocenters. The molecule has 6 rings (SSSR count). The SMILES string of the molecule is O=P(c1ccccc1)(c1ccccc1)c1c(-c2ccccc2)c2c(c3ccccc13)CCC2. The summed E-state index contributed by atoms with van der Waals surface area (Å²) < 4.78 is 15.6. The Balaban J connectivity index is 1.84. The zero-order valence-corrected chi connectivity index (χ0v) is 19.3. The summed E-state index contributed by atoms with van der Waals surface area (Å²) in [5, 5.41) is 5.13. The molecule has 0 bridgehead atoms. The number of hydrogen-bond donors (Lipinski definition) is 0. The maximum absolute atomic E-state index is 15.6. The van der Waals surface area contributed by atoms with Gasteiger partial charge in [-0.1, -0.05) is 115 Å². The van der Waals surface area contributed by atoms with E-state index in [0.717, 1.165) is 46.1 Å². The monoisotopic (exact) mass is 444 g/mol. The number of hydrogen-bond acceptors (Lipinski definition) is 1. The second-order valence-corrected chi connectivity index (χ2v) is 11.4. The van der Waals surface area contributed by atoms with Crippen LogP contribution in [0.1, 0.15) is 17.5 Å². The van der Waals surface area contributed by atoms with Crippen molar-refractivity contribution in [1.29, 1.82) is 0 Å². The second kappa shape index (κ2) is 8.18. The first kappa shape index (κ1) is 20.2. The summed E-state index contributed by atoms with van der Waals surface area (Å²) in [6.07, 6.45) is 3.25. The van der Waals surface area contributed by atoms with Crippen molar-refractivity contribution in [2.24, 2.45) is 0 Å². The van der Waals surface area contributed by atoms with Crippen molar-refractivity contribution in [1.82, 2.24) is 0 Å². The molecule has 0 saturated carbocycles. The Bertz CT molecular complexity index is 1450. The molecule has 0 unspecified atom stereocenters. The Morgan fingerprint density at radius 1 is 0.515 bits per heavy atom. The summed E-state index contributed by atoms with van der Waals surface area (Å²) >= 11 is 0. The van der Waals surface area contributed by atoms with Crippen LogP contribution in [0.15, 0.2) is 115 Å². The van der Waals surface area contributed by atoms with Crippen molar-refractivity contribution in [3.8, 4) is 11.1 Å². The van der Waals surface area contributed by atoms with Gasteiger partial charge in [0.25, 0.3) is 0 Å². The molecule has 5 aromatic carbocycles. The minimum absolute atomic E-state index is 0.886. The molecule has 1 aliphatic rings. The molecule has 0 radical (unpaired) electrons. The summed E-state index contributed by atoms with van der Waals surface area (Å²) in [7, 11) is -3.16. The summed E-state index contributed by atoms with van der Waals surface area (Å²) in [5.41, 5.74) is 5.14. The van der Waals surface area contributed by atoms with E-state index < -0.39 is 7.14 Å². The molecule has 1 aliphatic carbocycles. The number of benzene rings is 5. The topological polar surface area (TPSA) is 17.1 Å². The van der Waals surface area contributed by atoms with Crippen molar-refractivity contribution in [2.75, 3.05) is 0 Å². The van der Waals surface area contributed by atoms with Gasteiger partial charge in [-0.3, -0.25) is 0 Å². The molecular formula is C31H25OP. The predicted molar refractivity (Wildman–Crippen MR) is 141 cm³/mol. The minimum atomic E-state index is -3.16. The van der Waals surface area contributed by atoms with Crippen LogP contribution in [0.3, 0.4) is 0 Å². The molecule has 0 N–H and O–H groups in total. The first-order valence-corrected chi connectivity index (χ1v) is 13.3. The van der Waals surface area contributed by atoms with E-state index in [2.05, 4.69) is 54.6 Å². The molecule has 160 valence electrons. The van der Waals surface area contributed by atoms with E-state index in [0.29, 0.717) is 0 Å². The fraction of sp³-hybridized carbons (Fsp3) is 0.0968. The zero-order valence-electron chi connectivity index (χ0n) is 18.4. The lowest BCUT2D eigenvalue weighted by molar-refractivity contribution is 0.592. The smallest absolute Gasteiger partial charge is 0.172 e. The normalized spacial score (nSPS) is 13.2. The van der Waals surface area contributed by atoms with E-state index in [-0.39, 0.29) is 0 Å². The van der Waals surface area contributed by atoms with Crippen LogP contribution < -0.4 is 15.9 Å². The van der Waals surface area contributed by atoms with E-state index >= 15 is 4.57 Å². The fourth-order valence-corrected chi connectivity index (χ4v) is 8.58. The molecule has 0 saturated heterocycles. The number of rotatable bonds is 4. The Morgan fingerprint density at radius 2 is 1.00 bits per heavy atom. The molecule has 0 heterocycles. The van der Waals surface area contributed by atoms with E-state index in [4.69, 9.17) is 0 Å². The second-order valence-electron chi connectivity index (χ2n) is 8.73. The summed E-state index contributed by atoms with van der Waals surface area (Å²) in [6, 6.07) is 39.3. The molecule has 2 heteroatoms. The van der Waals surface area contributed by atoms with Gasteiger partial charge in [0, 0.05) is 15.9 Å². The first-order chi connectivity index (χ1) is 16.3. The van der Waals surface area contributed by atoms with Crippen LogP contribution >= 0.6 is 7.14 Å². The molecule has 5 aromatic rings. The number of fused-ring (bicyclic) bond motifs is 3. The van der Waals surface area contributed by atoms with Crippen LogP contribution in [-0.4, -0.2) is 0 Å². The van der Waals surface area contributed by atoms with Gasteiger partial charge in [-0.2, -0.15) is 0 Å². The number of aryl methyl sites for hydroxylation is 1. The van der Waals surface area contributed by atoms with Gasteiger partial charge in [0.1, 0.15) is 0 Å². The summed E-state index contributed by atoms with van der Waals surface area (Å²) in [4.78, 5) is 0. The largest absolute Gasteiger partial charge is 0.309 e. The van der Waals surface area contributed by atoms with Crippen molar-refractivity contribution in [3.63, 3.8) is 0 Å². The van der Waals surface area contributed by atoms with Crippen LogP contribution in [0.2, 0.25) is 0 Å². The summed E-state index contributed by atoms with van der Waals surface area (Å²) in [5.74, 6) is 0. The van der Waals surface area contributed by atoms with Gasteiger partial charge in [-0.15, -0.1) is 0 Å². The highest BCUT2D eigenvalue weighted by molar-refractivity contribution is 7.86. The van der Waals surface area contributed by atoms with Crippen LogP contribution in [-0.2, 0) is 17.4 Å². The third-order valence-electron chi connectivity index (χ3n) is 6.88. The van der Waals surface area contributed by atoms with Gasteiger partial charge in [0.05, 0.1) is 0 Å². The standard InChI is InChI=1S/C31H25OP/c32-33(24-15-6-2-7-16-24,25-17-8-3-9-18-25)31-29-20-11-10-19-27(29)26-21-12-22-28(26)30(31)23-13-4-1-5-14-23/h1-11,13-20H,12,21-22H2. The van der Waals surface area contributed by atoms with Gasteiger partial charge < -0.3 is 4.57 Å². The van der Waals surface area contributed by atoms with Crippen LogP contribution in [0, 0.1) is 0 Å². The zero-order chi connectivity index (χ0) is 22.3. The van der Waals surface area contributed by atoms with E-state index in [1.165, 1.54) is 22.1 Å². The molecule has 0 aliphatic heterocycles. The Hall–Kier alpha value is -3.41. The Kier molecular flexibility index (Phi) is 5.01. The highest BCUT2D eigenvalue weighted by atomic mass is 31.2. The van der Waals surface area contributed by atoms with E-state index in [9.17, 15) is 0 Å². The van der Waals surface area contributed by atoms with Crippen LogP contribution in [0.4, 0.5) is 0 Å². The lowest BCUT2D eigenvalue weighted by Crippen LogP contribution is -2.28. The molecular weight excluding hydrogens is 419 g/mol. The quantitative estimate of drug-likeness (QED) is 0.284. The lowest BCUT2D eigenvalue weighted by Gasteiger charge is -2.27. The average molecular weight is 445 g/mol. The van der Waals surface area contributed by atoms with Crippen LogP contribution in [0.5, 0.6) is 0 Å². The van der Waals surface area contributed by atoms with Crippen molar-refractivity contribution >= 4 is 33.8 Å². The van der Waals surface area contributed by atoms with Crippen molar-refractivity contribution in [2.45, 2.75) is 19.3 Å². The molecule has 0 aromatic heterocycles. The maximum Gasteiger partial charge on any atom is 0.172 e. The third kappa shape index (κ3) is 3.19. The van der Waals surface area contributed by atoms with Crippen molar-refractivity contribution < 1.29 is 4.57 Å². The Morgan fingerprint density at radius 3 is 1.61 bits per heavy atom. The van der Waals surface area contributed by atoms with Crippen LogP contribution in [0.25, 0.3) is 21.9 Å². The highest BCUT2D eigenvalue weighted by Crippen LogP contribution is 2.50. The molecule has 33 heavy (non-hydrogen) atoms. The van der Waals surface area contributed by atoms with Gasteiger partial charge in [-0.25, -0.2) is 0 Å².